The van der Waals surface area contributed by atoms with Gasteiger partial charge in [0.25, 0.3) is 0 Å². The molecule has 0 saturated carbocycles. The third kappa shape index (κ3) is 3.71. The quantitative estimate of drug-likeness (QED) is 0.705. The van der Waals surface area contributed by atoms with Gasteiger partial charge in [-0.15, -0.1) is 0 Å². The van der Waals surface area contributed by atoms with Crippen molar-refractivity contribution in [3.8, 4) is 0 Å². The molecule has 0 aromatic carbocycles. The van der Waals surface area contributed by atoms with Gasteiger partial charge in [-0.05, 0) is 36.9 Å². The third-order valence-corrected chi connectivity index (χ3v) is 3.50. The van der Waals surface area contributed by atoms with Gasteiger partial charge in [-0.3, -0.25) is 0 Å². The zero-order chi connectivity index (χ0) is 14.3. The van der Waals surface area contributed by atoms with Crippen molar-refractivity contribution in [2.24, 2.45) is 10.8 Å². The van der Waals surface area contributed by atoms with Crippen LogP contribution < -0.4 is 0 Å². The van der Waals surface area contributed by atoms with E-state index in [9.17, 15) is 0 Å². The lowest BCUT2D eigenvalue weighted by atomic mass is 9.97. The Bertz CT molecular complexity index is 436. The average Bonchev–Trinajstić information content (AvgIpc) is 2.31. The second-order valence-electron chi connectivity index (χ2n) is 7.75. The second kappa shape index (κ2) is 4.84. The van der Waals surface area contributed by atoms with E-state index in [0.29, 0.717) is 0 Å². The van der Waals surface area contributed by atoms with Gasteiger partial charge in [0.2, 0.25) is 0 Å². The summed E-state index contributed by atoms with van der Waals surface area (Å²) < 4.78 is 5.54. The highest BCUT2D eigenvalue weighted by molar-refractivity contribution is 7.71. The van der Waals surface area contributed by atoms with Crippen LogP contribution >= 0.6 is 12.2 Å². The first kappa shape index (κ1) is 15.5. The summed E-state index contributed by atoms with van der Waals surface area (Å²) in [6.45, 7) is 19.8. The van der Waals surface area contributed by atoms with Gasteiger partial charge in [0.05, 0.1) is 0 Å². The molecule has 18 heavy (non-hydrogen) atoms. The Morgan fingerprint density at radius 2 is 1.06 bits per heavy atom. The van der Waals surface area contributed by atoms with Crippen LogP contribution in [0.3, 0.4) is 0 Å². The molecule has 0 radical (unpaired) electrons. The number of rotatable bonds is 2. The largest absolute Gasteiger partial charge is 0.320 e. The standard InChI is InChI=1S/C15H28N2S/c1-11-12(2)17(10-15(6,7)8)13(18)16(11)9-14(3,4)5/h9-10H2,1-8H3. The van der Waals surface area contributed by atoms with Gasteiger partial charge in [0.15, 0.2) is 4.77 Å². The smallest absolute Gasteiger partial charge is 0.180 e. The van der Waals surface area contributed by atoms with Crippen LogP contribution in [0.15, 0.2) is 0 Å². The van der Waals surface area contributed by atoms with Crippen molar-refractivity contribution in [1.29, 1.82) is 0 Å². The van der Waals surface area contributed by atoms with Crippen LogP contribution in [0.25, 0.3) is 0 Å². The fourth-order valence-electron chi connectivity index (χ4n) is 2.14. The molecule has 0 atom stereocenters. The minimum Gasteiger partial charge on any atom is -0.320 e. The van der Waals surface area contributed by atoms with Crippen LogP contribution in [-0.2, 0) is 13.1 Å². The van der Waals surface area contributed by atoms with Crippen molar-refractivity contribution in [2.45, 2.75) is 68.5 Å². The Hall–Kier alpha value is -0.570. The Balaban J connectivity index is 3.25. The van der Waals surface area contributed by atoms with E-state index >= 15 is 0 Å². The highest BCUT2D eigenvalue weighted by Crippen LogP contribution is 2.24. The van der Waals surface area contributed by atoms with E-state index in [1.807, 2.05) is 0 Å². The van der Waals surface area contributed by atoms with E-state index in [1.165, 1.54) is 11.4 Å². The van der Waals surface area contributed by atoms with Crippen LogP contribution in [-0.4, -0.2) is 9.13 Å². The summed E-state index contributed by atoms with van der Waals surface area (Å²) in [5.74, 6) is 0. The predicted molar refractivity (Wildman–Crippen MR) is 81.6 cm³/mol. The van der Waals surface area contributed by atoms with E-state index in [0.717, 1.165) is 17.9 Å². The maximum atomic E-state index is 5.66. The number of imidazole rings is 1. The molecular weight excluding hydrogens is 240 g/mol. The number of nitrogens with zero attached hydrogens (tertiary/aromatic N) is 2. The number of aromatic nitrogens is 2. The van der Waals surface area contributed by atoms with Crippen LogP contribution in [0.4, 0.5) is 0 Å². The van der Waals surface area contributed by atoms with Crippen molar-refractivity contribution < 1.29 is 0 Å². The normalized spacial score (nSPS) is 13.1. The lowest BCUT2D eigenvalue weighted by Gasteiger charge is -2.21. The van der Waals surface area contributed by atoms with Crippen molar-refractivity contribution in [3.63, 3.8) is 0 Å². The Morgan fingerprint density at radius 1 is 0.778 bits per heavy atom. The van der Waals surface area contributed by atoms with E-state index in [4.69, 9.17) is 12.2 Å². The summed E-state index contributed by atoms with van der Waals surface area (Å²) in [4.78, 5) is 0. The molecule has 104 valence electrons. The summed E-state index contributed by atoms with van der Waals surface area (Å²) in [7, 11) is 0. The van der Waals surface area contributed by atoms with Crippen LogP contribution in [0, 0.1) is 29.4 Å². The Labute approximate surface area is 117 Å². The second-order valence-corrected chi connectivity index (χ2v) is 8.11. The molecule has 0 N–H and O–H groups in total. The molecule has 0 spiro atoms. The van der Waals surface area contributed by atoms with E-state index in [2.05, 4.69) is 64.5 Å². The monoisotopic (exact) mass is 268 g/mol. The van der Waals surface area contributed by atoms with Crippen LogP contribution in [0.2, 0.25) is 0 Å². The SMILES string of the molecule is Cc1c(C)n(CC(C)(C)C)c(=S)n1CC(C)(C)C. The molecule has 0 aliphatic carbocycles. The molecule has 0 fully saturated rings. The molecule has 1 aromatic rings. The van der Waals surface area contributed by atoms with Crippen molar-refractivity contribution in [3.05, 3.63) is 16.2 Å². The zero-order valence-corrected chi connectivity index (χ0v) is 14.0. The van der Waals surface area contributed by atoms with Crippen LogP contribution in [0.1, 0.15) is 52.9 Å². The summed E-state index contributed by atoms with van der Waals surface area (Å²) >= 11 is 5.66. The molecule has 2 nitrogen and oxygen atoms in total. The fraction of sp³-hybridized carbons (Fsp3) is 0.800. The first-order valence-electron chi connectivity index (χ1n) is 6.69. The van der Waals surface area contributed by atoms with Gasteiger partial charge in [-0.25, -0.2) is 0 Å². The summed E-state index contributed by atoms with van der Waals surface area (Å²) in [5.41, 5.74) is 3.12. The first-order chi connectivity index (χ1) is 7.92. The lowest BCUT2D eigenvalue weighted by molar-refractivity contribution is 0.321. The molecule has 0 saturated heterocycles. The van der Waals surface area contributed by atoms with E-state index in [-0.39, 0.29) is 10.8 Å². The maximum absolute atomic E-state index is 5.66. The molecule has 1 rings (SSSR count). The molecule has 0 unspecified atom stereocenters. The topological polar surface area (TPSA) is 9.86 Å². The summed E-state index contributed by atoms with van der Waals surface area (Å²) in [5, 5.41) is 0. The zero-order valence-electron chi connectivity index (χ0n) is 13.2. The Kier molecular flexibility index (Phi) is 4.16. The average molecular weight is 268 g/mol. The highest BCUT2D eigenvalue weighted by atomic mass is 32.1. The molecule has 0 aliphatic rings. The Morgan fingerprint density at radius 3 is 1.28 bits per heavy atom. The molecule has 1 aromatic heterocycles. The van der Waals surface area contributed by atoms with Gasteiger partial charge in [0, 0.05) is 24.5 Å². The van der Waals surface area contributed by atoms with Gasteiger partial charge in [0.1, 0.15) is 0 Å². The number of hydrogen-bond donors (Lipinski definition) is 0. The molecule has 0 bridgehead atoms. The highest BCUT2D eigenvalue weighted by Gasteiger charge is 2.20. The van der Waals surface area contributed by atoms with Gasteiger partial charge >= 0.3 is 0 Å². The molecule has 0 amide bonds. The minimum atomic E-state index is 0.253. The third-order valence-electron chi connectivity index (χ3n) is 3.06. The van der Waals surface area contributed by atoms with Gasteiger partial charge in [-0.1, -0.05) is 41.5 Å². The van der Waals surface area contributed by atoms with Crippen LogP contribution in [0.5, 0.6) is 0 Å². The van der Waals surface area contributed by atoms with Crippen molar-refractivity contribution in [2.75, 3.05) is 0 Å². The fourth-order valence-corrected chi connectivity index (χ4v) is 2.55. The molecule has 3 heteroatoms. The van der Waals surface area contributed by atoms with Crippen molar-refractivity contribution >= 4 is 12.2 Å². The molecule has 1 heterocycles. The van der Waals surface area contributed by atoms with Gasteiger partial charge < -0.3 is 9.13 Å². The maximum Gasteiger partial charge on any atom is 0.180 e. The molecular formula is C15H28N2S. The van der Waals surface area contributed by atoms with Crippen molar-refractivity contribution in [1.82, 2.24) is 9.13 Å². The number of hydrogen-bond acceptors (Lipinski definition) is 1. The summed E-state index contributed by atoms with van der Waals surface area (Å²) in [6.07, 6.45) is 0. The van der Waals surface area contributed by atoms with E-state index < -0.39 is 0 Å². The summed E-state index contributed by atoms with van der Waals surface area (Å²) in [6, 6.07) is 0. The lowest BCUT2D eigenvalue weighted by Crippen LogP contribution is -2.18. The molecule has 0 aliphatic heterocycles. The van der Waals surface area contributed by atoms with Gasteiger partial charge in [-0.2, -0.15) is 0 Å². The first-order valence-corrected chi connectivity index (χ1v) is 7.10. The van der Waals surface area contributed by atoms with E-state index in [1.54, 1.807) is 0 Å². The predicted octanol–water partition coefficient (Wildman–Crippen LogP) is 4.73. The minimum absolute atomic E-state index is 0.253.